The molecular weight excluding hydrogens is 282 g/mol. The molecule has 0 bridgehead atoms. The first-order valence-electron chi connectivity index (χ1n) is 7.99. The van der Waals surface area contributed by atoms with Crippen molar-refractivity contribution in [3.05, 3.63) is 65.4 Å². The van der Waals surface area contributed by atoms with Crippen LogP contribution in [0.1, 0.15) is 22.7 Å². The molecule has 0 fully saturated rings. The van der Waals surface area contributed by atoms with Crippen molar-refractivity contribution in [2.24, 2.45) is 0 Å². The second-order valence-corrected chi connectivity index (χ2v) is 6.59. The van der Waals surface area contributed by atoms with Gasteiger partial charge in [0, 0.05) is 36.9 Å². The van der Waals surface area contributed by atoms with E-state index in [2.05, 4.69) is 98.6 Å². The predicted molar refractivity (Wildman–Crippen MR) is 99.3 cm³/mol. The molecule has 1 heterocycles. The van der Waals surface area contributed by atoms with E-state index in [1.165, 1.54) is 33.3 Å². The fourth-order valence-corrected chi connectivity index (χ4v) is 3.26. The number of nitrogens with one attached hydrogen (secondary N) is 1. The summed E-state index contributed by atoms with van der Waals surface area (Å²) in [6.45, 7) is 2.15. The normalized spacial score (nSPS) is 12.8. The summed E-state index contributed by atoms with van der Waals surface area (Å²) in [5.74, 6) is 0. The van der Waals surface area contributed by atoms with E-state index in [0.29, 0.717) is 0 Å². The molecular formula is C20H25N3. The van der Waals surface area contributed by atoms with Gasteiger partial charge in [-0.3, -0.25) is 4.90 Å². The van der Waals surface area contributed by atoms with E-state index in [4.69, 9.17) is 0 Å². The van der Waals surface area contributed by atoms with Crippen molar-refractivity contribution in [3.8, 4) is 0 Å². The Morgan fingerprint density at radius 2 is 1.61 bits per heavy atom. The molecule has 1 unspecified atom stereocenters. The topological polar surface area (TPSA) is 22.3 Å². The van der Waals surface area contributed by atoms with Gasteiger partial charge in [0.2, 0.25) is 0 Å². The molecule has 2 aromatic carbocycles. The number of aromatic nitrogens is 1. The van der Waals surface area contributed by atoms with Gasteiger partial charge in [-0.1, -0.05) is 30.3 Å². The number of aryl methyl sites for hydroxylation is 1. The van der Waals surface area contributed by atoms with Crippen LogP contribution in [0.2, 0.25) is 0 Å². The molecule has 0 aliphatic rings. The van der Waals surface area contributed by atoms with Gasteiger partial charge in [0.1, 0.15) is 0 Å². The minimum absolute atomic E-state index is 0.238. The number of anilines is 1. The molecule has 0 saturated carbocycles. The van der Waals surface area contributed by atoms with E-state index < -0.39 is 0 Å². The number of benzene rings is 2. The Morgan fingerprint density at radius 3 is 2.22 bits per heavy atom. The Hall–Kier alpha value is -2.26. The predicted octanol–water partition coefficient (Wildman–Crippen LogP) is 4.19. The zero-order chi connectivity index (χ0) is 16.6. The highest BCUT2D eigenvalue weighted by molar-refractivity contribution is 5.86. The second kappa shape index (κ2) is 6.09. The molecule has 0 aliphatic carbocycles. The lowest BCUT2D eigenvalue weighted by molar-refractivity contribution is 0.344. The third-order valence-electron chi connectivity index (χ3n) is 4.49. The Bertz CT molecular complexity index is 797. The fraction of sp³-hybridized carbons (Fsp3) is 0.300. The monoisotopic (exact) mass is 307 g/mol. The number of aromatic amines is 1. The Kier molecular flexibility index (Phi) is 4.14. The zero-order valence-corrected chi connectivity index (χ0v) is 14.6. The molecule has 1 aromatic heterocycles. The van der Waals surface area contributed by atoms with E-state index >= 15 is 0 Å². The van der Waals surface area contributed by atoms with Crippen molar-refractivity contribution in [1.29, 1.82) is 0 Å². The van der Waals surface area contributed by atoms with Crippen molar-refractivity contribution >= 4 is 16.6 Å². The first-order chi connectivity index (χ1) is 11.0. The van der Waals surface area contributed by atoms with Crippen LogP contribution in [0.3, 0.4) is 0 Å². The summed E-state index contributed by atoms with van der Waals surface area (Å²) in [6, 6.07) is 15.6. The largest absolute Gasteiger partial charge is 0.378 e. The van der Waals surface area contributed by atoms with Crippen molar-refractivity contribution in [2.45, 2.75) is 13.0 Å². The first-order valence-corrected chi connectivity index (χ1v) is 7.99. The van der Waals surface area contributed by atoms with E-state index in [1.54, 1.807) is 0 Å². The summed E-state index contributed by atoms with van der Waals surface area (Å²) >= 11 is 0. The Labute approximate surface area is 138 Å². The van der Waals surface area contributed by atoms with Crippen LogP contribution in [0.15, 0.2) is 48.7 Å². The molecule has 0 saturated heterocycles. The molecule has 1 atom stereocenters. The summed E-state index contributed by atoms with van der Waals surface area (Å²) < 4.78 is 0. The highest BCUT2D eigenvalue weighted by Gasteiger charge is 2.20. The van der Waals surface area contributed by atoms with Gasteiger partial charge >= 0.3 is 0 Å². The molecule has 3 heteroatoms. The number of hydrogen-bond donors (Lipinski definition) is 1. The van der Waals surface area contributed by atoms with E-state index in [-0.39, 0.29) is 6.04 Å². The van der Waals surface area contributed by atoms with Crippen LogP contribution in [0.25, 0.3) is 10.9 Å². The van der Waals surface area contributed by atoms with Gasteiger partial charge in [0.15, 0.2) is 0 Å². The van der Waals surface area contributed by atoms with E-state index in [1.807, 2.05) is 0 Å². The van der Waals surface area contributed by atoms with Gasteiger partial charge in [-0.25, -0.2) is 0 Å². The molecule has 0 radical (unpaired) electrons. The maximum Gasteiger partial charge on any atom is 0.0618 e. The van der Waals surface area contributed by atoms with Gasteiger partial charge in [-0.2, -0.15) is 0 Å². The SMILES string of the molecule is Cc1cccc2c(C(c3ccc(N(C)C)cc3)N(C)C)c[nH]c12. The standard InChI is InChI=1S/C20H25N3/c1-14-7-6-8-17-18(13-21-19(14)17)20(23(4)5)15-9-11-16(12-10-15)22(2)3/h6-13,20-21H,1-5H3. The van der Waals surface area contributed by atoms with E-state index in [0.717, 1.165) is 0 Å². The smallest absolute Gasteiger partial charge is 0.0618 e. The number of hydrogen-bond acceptors (Lipinski definition) is 2. The van der Waals surface area contributed by atoms with Crippen molar-refractivity contribution < 1.29 is 0 Å². The highest BCUT2D eigenvalue weighted by atomic mass is 15.1. The molecule has 23 heavy (non-hydrogen) atoms. The third-order valence-corrected chi connectivity index (χ3v) is 4.49. The van der Waals surface area contributed by atoms with Crippen LogP contribution in [0.4, 0.5) is 5.69 Å². The average molecular weight is 307 g/mol. The summed E-state index contributed by atoms with van der Waals surface area (Å²) in [6.07, 6.45) is 2.15. The van der Waals surface area contributed by atoms with Gasteiger partial charge < -0.3 is 9.88 Å². The number of nitrogens with zero attached hydrogens (tertiary/aromatic N) is 2. The highest BCUT2D eigenvalue weighted by Crippen LogP contribution is 2.33. The summed E-state index contributed by atoms with van der Waals surface area (Å²) in [4.78, 5) is 7.86. The average Bonchev–Trinajstić information content (AvgIpc) is 2.93. The van der Waals surface area contributed by atoms with Crippen LogP contribution in [-0.4, -0.2) is 38.1 Å². The second-order valence-electron chi connectivity index (χ2n) is 6.59. The first kappa shape index (κ1) is 15.6. The number of rotatable bonds is 4. The van der Waals surface area contributed by atoms with E-state index in [9.17, 15) is 0 Å². The summed E-state index contributed by atoms with van der Waals surface area (Å²) in [7, 11) is 8.42. The molecule has 120 valence electrons. The maximum absolute atomic E-state index is 3.46. The van der Waals surface area contributed by atoms with Gasteiger partial charge in [0.05, 0.1) is 6.04 Å². The number of para-hydroxylation sites is 1. The zero-order valence-electron chi connectivity index (χ0n) is 14.6. The number of fused-ring (bicyclic) bond motifs is 1. The number of H-pyrrole nitrogens is 1. The van der Waals surface area contributed by atoms with Crippen LogP contribution < -0.4 is 4.90 Å². The molecule has 1 N–H and O–H groups in total. The summed E-state index contributed by atoms with van der Waals surface area (Å²) in [5, 5.41) is 1.31. The molecule has 3 nitrogen and oxygen atoms in total. The lowest BCUT2D eigenvalue weighted by atomic mass is 9.96. The lowest BCUT2D eigenvalue weighted by Crippen LogP contribution is -2.21. The Morgan fingerprint density at radius 1 is 0.913 bits per heavy atom. The van der Waals surface area contributed by atoms with Crippen molar-refractivity contribution in [1.82, 2.24) is 9.88 Å². The molecule has 0 amide bonds. The molecule has 3 aromatic rings. The Balaban J connectivity index is 2.09. The molecule has 3 rings (SSSR count). The van der Waals surface area contributed by atoms with Gasteiger partial charge in [-0.05, 0) is 49.8 Å². The fourth-order valence-electron chi connectivity index (χ4n) is 3.26. The molecule has 0 aliphatic heterocycles. The van der Waals surface area contributed by atoms with Crippen LogP contribution in [0.5, 0.6) is 0 Å². The van der Waals surface area contributed by atoms with Crippen LogP contribution >= 0.6 is 0 Å². The minimum atomic E-state index is 0.238. The van der Waals surface area contributed by atoms with Gasteiger partial charge in [-0.15, -0.1) is 0 Å². The third kappa shape index (κ3) is 2.84. The minimum Gasteiger partial charge on any atom is -0.378 e. The van der Waals surface area contributed by atoms with Crippen LogP contribution in [0, 0.1) is 6.92 Å². The maximum atomic E-state index is 3.46. The van der Waals surface area contributed by atoms with Crippen molar-refractivity contribution in [3.63, 3.8) is 0 Å². The van der Waals surface area contributed by atoms with Crippen molar-refractivity contribution in [2.75, 3.05) is 33.1 Å². The van der Waals surface area contributed by atoms with Crippen LogP contribution in [-0.2, 0) is 0 Å². The quantitative estimate of drug-likeness (QED) is 0.780. The lowest BCUT2D eigenvalue weighted by Gasteiger charge is -2.25. The molecule has 0 spiro atoms. The summed E-state index contributed by atoms with van der Waals surface area (Å²) in [5.41, 5.74) is 6.38. The van der Waals surface area contributed by atoms with Gasteiger partial charge in [0.25, 0.3) is 0 Å².